The second kappa shape index (κ2) is 8.66. The summed E-state index contributed by atoms with van der Waals surface area (Å²) >= 11 is 0. The van der Waals surface area contributed by atoms with Gasteiger partial charge in [0.05, 0.1) is 17.8 Å². The molecule has 1 aromatic carbocycles. The van der Waals surface area contributed by atoms with Crippen LogP contribution in [0.25, 0.3) is 10.9 Å². The molecule has 1 aliphatic rings. The molecule has 0 radical (unpaired) electrons. The van der Waals surface area contributed by atoms with Gasteiger partial charge in [-0.2, -0.15) is 10.2 Å². The van der Waals surface area contributed by atoms with E-state index in [0.29, 0.717) is 5.56 Å². The molecule has 8 nitrogen and oxygen atoms in total. The number of halogens is 1. The number of likely N-dealkylation sites (tertiary alicyclic amines) is 1. The average molecular weight is 458 g/mol. The summed E-state index contributed by atoms with van der Waals surface area (Å²) in [5.74, 6) is -0.883. The van der Waals surface area contributed by atoms with E-state index >= 15 is 4.39 Å². The first-order valence-electron chi connectivity index (χ1n) is 11.0. The van der Waals surface area contributed by atoms with Crippen LogP contribution in [0.3, 0.4) is 0 Å². The van der Waals surface area contributed by atoms with Crippen LogP contribution in [0.4, 0.5) is 4.39 Å². The fourth-order valence-corrected chi connectivity index (χ4v) is 4.92. The lowest BCUT2D eigenvalue weighted by Gasteiger charge is -2.40. The maximum absolute atomic E-state index is 15.9. The highest BCUT2D eigenvalue weighted by Crippen LogP contribution is 2.48. The predicted molar refractivity (Wildman–Crippen MR) is 123 cm³/mol. The third-order valence-electron chi connectivity index (χ3n) is 6.35. The van der Waals surface area contributed by atoms with Crippen molar-refractivity contribution in [2.75, 3.05) is 0 Å². The van der Waals surface area contributed by atoms with Gasteiger partial charge < -0.3 is 14.8 Å². The molecule has 0 spiro atoms. The van der Waals surface area contributed by atoms with E-state index in [0.717, 1.165) is 16.5 Å². The van der Waals surface area contributed by atoms with Crippen LogP contribution >= 0.6 is 0 Å². The van der Waals surface area contributed by atoms with E-state index < -0.39 is 29.7 Å². The Balaban J connectivity index is 1.66. The molecular formula is C25H23FN6O2. The van der Waals surface area contributed by atoms with Gasteiger partial charge in [-0.3, -0.25) is 14.6 Å². The van der Waals surface area contributed by atoms with Crippen LogP contribution < -0.4 is 5.32 Å². The van der Waals surface area contributed by atoms with Gasteiger partial charge in [-0.05, 0) is 46.8 Å². The third kappa shape index (κ3) is 3.49. The van der Waals surface area contributed by atoms with Gasteiger partial charge in [-0.1, -0.05) is 18.2 Å². The minimum Gasteiger partial charge on any atom is -0.348 e. The zero-order valence-corrected chi connectivity index (χ0v) is 18.5. The summed E-state index contributed by atoms with van der Waals surface area (Å²) in [6, 6.07) is 13.6. The predicted octanol–water partition coefficient (Wildman–Crippen LogP) is 3.13. The minimum atomic E-state index is -1.62. The van der Waals surface area contributed by atoms with Crippen LogP contribution in [0.5, 0.6) is 0 Å². The number of carbonyl (C=O) groups excluding carboxylic acids is 2. The van der Waals surface area contributed by atoms with E-state index in [1.807, 2.05) is 30.3 Å². The van der Waals surface area contributed by atoms with Gasteiger partial charge in [0.15, 0.2) is 0 Å². The van der Waals surface area contributed by atoms with Gasteiger partial charge in [0.1, 0.15) is 6.17 Å². The molecule has 3 aromatic heterocycles. The first-order valence-corrected chi connectivity index (χ1v) is 11.0. The Bertz CT molecular complexity index is 1330. The number of benzene rings is 1. The molecule has 3 atom stereocenters. The van der Waals surface area contributed by atoms with Gasteiger partial charge in [0.2, 0.25) is 11.6 Å². The third-order valence-corrected chi connectivity index (χ3v) is 6.35. The largest absolute Gasteiger partial charge is 0.348 e. The first-order chi connectivity index (χ1) is 16.5. The monoisotopic (exact) mass is 458 g/mol. The molecule has 4 aromatic rings. The maximum atomic E-state index is 15.9. The molecule has 4 heterocycles. The summed E-state index contributed by atoms with van der Waals surface area (Å²) in [5.41, 5.74) is 0.441. The molecule has 0 saturated carbocycles. The summed E-state index contributed by atoms with van der Waals surface area (Å²) < 4.78 is 17.6. The zero-order chi connectivity index (χ0) is 23.7. The van der Waals surface area contributed by atoms with Crippen molar-refractivity contribution in [3.05, 3.63) is 90.6 Å². The highest BCUT2D eigenvalue weighted by Gasteiger charge is 2.60. The van der Waals surface area contributed by atoms with Crippen LogP contribution in [-0.4, -0.2) is 42.6 Å². The zero-order valence-electron chi connectivity index (χ0n) is 18.5. The molecular weight excluding hydrogens is 435 g/mol. The lowest BCUT2D eigenvalue weighted by Crippen LogP contribution is -2.58. The van der Waals surface area contributed by atoms with Gasteiger partial charge in [-0.15, -0.1) is 0 Å². The molecule has 1 N–H and O–H groups in total. The molecule has 3 unspecified atom stereocenters. The minimum absolute atomic E-state index is 0.208. The van der Waals surface area contributed by atoms with Crippen molar-refractivity contribution in [3.8, 4) is 0 Å². The van der Waals surface area contributed by atoms with Gasteiger partial charge >= 0.3 is 0 Å². The lowest BCUT2D eigenvalue weighted by molar-refractivity contribution is -0.152. The molecule has 1 aliphatic heterocycles. The molecule has 2 amide bonds. The summed E-state index contributed by atoms with van der Waals surface area (Å²) in [5, 5.41) is 11.5. The van der Waals surface area contributed by atoms with E-state index in [1.165, 1.54) is 24.2 Å². The number of hydrogen-bond acceptors (Lipinski definition) is 5. The molecule has 9 heteroatoms. The van der Waals surface area contributed by atoms with Gasteiger partial charge in [0.25, 0.3) is 5.91 Å². The van der Waals surface area contributed by atoms with Crippen LogP contribution in [0.15, 0.2) is 79.5 Å². The number of fused-ring (bicyclic) bond motifs is 1. The van der Waals surface area contributed by atoms with Crippen LogP contribution in [0.2, 0.25) is 0 Å². The number of hydrogen-bond donors (Lipinski definition) is 1. The molecule has 172 valence electrons. The summed E-state index contributed by atoms with van der Waals surface area (Å²) in [6.45, 7) is 1.57. The number of nitrogens with one attached hydrogen (secondary N) is 1. The quantitative estimate of drug-likeness (QED) is 0.496. The summed E-state index contributed by atoms with van der Waals surface area (Å²) in [7, 11) is 0. The van der Waals surface area contributed by atoms with Crippen molar-refractivity contribution >= 4 is 22.7 Å². The number of carbonyl (C=O) groups is 2. The van der Waals surface area contributed by atoms with Gasteiger partial charge in [-0.25, -0.2) is 4.39 Å². The van der Waals surface area contributed by atoms with E-state index in [9.17, 15) is 9.59 Å². The fraction of sp³-hybridized carbons (Fsp3) is 0.240. The highest BCUT2D eigenvalue weighted by molar-refractivity contribution is 5.92. The number of aromatic nitrogens is 4. The van der Waals surface area contributed by atoms with E-state index in [-0.39, 0.29) is 13.0 Å². The molecule has 0 bridgehead atoms. The van der Waals surface area contributed by atoms with Crippen LogP contribution in [0.1, 0.15) is 30.5 Å². The van der Waals surface area contributed by atoms with Crippen molar-refractivity contribution in [1.29, 1.82) is 0 Å². The number of pyridine rings is 1. The molecule has 5 rings (SSSR count). The number of para-hydroxylation sites is 1. The van der Waals surface area contributed by atoms with Crippen molar-refractivity contribution < 1.29 is 14.0 Å². The van der Waals surface area contributed by atoms with E-state index in [2.05, 4.69) is 20.5 Å². The molecule has 34 heavy (non-hydrogen) atoms. The standard InChI is InChI=1S/C25H23FN6O2/c1-17(33)32-23(20-8-12-29-30-16-20)21(26)14-25(32,24(34)28-15-18-6-10-27-11-7-18)31-13-9-19-4-2-3-5-22(19)31/h2-13,16,21,23H,14-15H2,1H3,(H,28,34). The topological polar surface area (TPSA) is 93.0 Å². The fourth-order valence-electron chi connectivity index (χ4n) is 4.92. The number of nitrogens with zero attached hydrogens (tertiary/aromatic N) is 5. The lowest BCUT2D eigenvalue weighted by atomic mass is 10.0. The normalized spacial score (nSPS) is 22.1. The first kappa shape index (κ1) is 21.7. The molecule has 1 fully saturated rings. The second-order valence-corrected chi connectivity index (χ2v) is 8.33. The Morgan fingerprint density at radius 2 is 1.88 bits per heavy atom. The highest BCUT2D eigenvalue weighted by atomic mass is 19.1. The SMILES string of the molecule is CC(=O)N1C(c2ccnnc2)C(F)CC1(C(=O)NCc1ccncc1)n1ccc2ccccc21. The Labute approximate surface area is 195 Å². The van der Waals surface area contributed by atoms with Crippen molar-refractivity contribution in [2.45, 2.75) is 37.8 Å². The van der Waals surface area contributed by atoms with Crippen LogP contribution in [-0.2, 0) is 21.8 Å². The summed E-state index contributed by atoms with van der Waals surface area (Å²) in [6.07, 6.45) is 6.20. The Morgan fingerprint density at radius 3 is 2.62 bits per heavy atom. The Morgan fingerprint density at radius 1 is 1.09 bits per heavy atom. The Kier molecular flexibility index (Phi) is 5.53. The number of rotatable bonds is 5. The Hall–Kier alpha value is -4.14. The summed E-state index contributed by atoms with van der Waals surface area (Å²) in [4.78, 5) is 32.5. The number of amides is 2. The maximum Gasteiger partial charge on any atom is 0.267 e. The second-order valence-electron chi connectivity index (χ2n) is 8.33. The van der Waals surface area contributed by atoms with Crippen molar-refractivity contribution in [2.24, 2.45) is 0 Å². The smallest absolute Gasteiger partial charge is 0.267 e. The van der Waals surface area contributed by atoms with Crippen molar-refractivity contribution in [1.82, 2.24) is 30.0 Å². The van der Waals surface area contributed by atoms with E-state index in [1.54, 1.807) is 41.4 Å². The average Bonchev–Trinajstić information content (AvgIpc) is 3.43. The van der Waals surface area contributed by atoms with E-state index in [4.69, 9.17) is 0 Å². The molecule has 0 aliphatic carbocycles. The van der Waals surface area contributed by atoms with Crippen molar-refractivity contribution in [3.63, 3.8) is 0 Å². The van der Waals surface area contributed by atoms with Gasteiger partial charge in [0, 0.05) is 44.7 Å². The molecule has 1 saturated heterocycles. The number of alkyl halides is 1. The van der Waals surface area contributed by atoms with Crippen LogP contribution in [0, 0.1) is 0 Å².